The molecule has 2 aliphatic rings. The zero-order valence-electron chi connectivity index (χ0n) is 15.9. The summed E-state index contributed by atoms with van der Waals surface area (Å²) in [6.45, 7) is 9.03. The molecule has 27 heavy (non-hydrogen) atoms. The Labute approximate surface area is 159 Å². The third-order valence-corrected chi connectivity index (χ3v) is 4.84. The Hall–Kier alpha value is -2.26. The minimum absolute atomic E-state index is 0.682. The highest BCUT2D eigenvalue weighted by Gasteiger charge is 2.19. The van der Waals surface area contributed by atoms with Crippen molar-refractivity contribution < 1.29 is 9.47 Å². The number of anilines is 3. The molecule has 2 saturated heterocycles. The van der Waals surface area contributed by atoms with Gasteiger partial charge in [0.15, 0.2) is 5.65 Å². The third kappa shape index (κ3) is 4.19. The monoisotopic (exact) mass is 373 g/mol. The average molecular weight is 373 g/mol. The maximum absolute atomic E-state index is 5.46. The van der Waals surface area contributed by atoms with Gasteiger partial charge in [0.2, 0.25) is 11.9 Å². The van der Waals surface area contributed by atoms with E-state index in [0.717, 1.165) is 56.8 Å². The predicted octanol–water partition coefficient (Wildman–Crippen LogP) is 1.31. The van der Waals surface area contributed by atoms with E-state index in [2.05, 4.69) is 27.0 Å². The highest BCUT2D eigenvalue weighted by Crippen LogP contribution is 2.24. The van der Waals surface area contributed by atoms with Gasteiger partial charge in [0.25, 0.3) is 0 Å². The largest absolute Gasteiger partial charge is 0.378 e. The Kier molecular flexibility index (Phi) is 5.78. The van der Waals surface area contributed by atoms with Crippen molar-refractivity contribution >= 4 is 28.7 Å². The second kappa shape index (κ2) is 8.62. The first-order valence-electron chi connectivity index (χ1n) is 9.79. The summed E-state index contributed by atoms with van der Waals surface area (Å²) in [5.74, 6) is 2.22. The van der Waals surface area contributed by atoms with Crippen LogP contribution in [0.1, 0.15) is 19.8 Å². The zero-order chi connectivity index (χ0) is 18.5. The molecule has 2 fully saturated rings. The maximum atomic E-state index is 5.46. The van der Waals surface area contributed by atoms with Crippen LogP contribution in [0.5, 0.6) is 0 Å². The Morgan fingerprint density at radius 3 is 2.22 bits per heavy atom. The van der Waals surface area contributed by atoms with Crippen molar-refractivity contribution in [2.75, 3.05) is 74.3 Å². The summed E-state index contributed by atoms with van der Waals surface area (Å²) < 4.78 is 10.9. The first kappa shape index (κ1) is 18.1. The molecule has 4 rings (SSSR count). The first-order chi connectivity index (χ1) is 13.3. The van der Waals surface area contributed by atoms with E-state index >= 15 is 0 Å². The van der Waals surface area contributed by atoms with E-state index < -0.39 is 0 Å². The maximum Gasteiger partial charge on any atom is 0.229 e. The molecule has 4 heterocycles. The van der Waals surface area contributed by atoms with Crippen LogP contribution in [0.3, 0.4) is 0 Å². The first-order valence-corrected chi connectivity index (χ1v) is 9.79. The second-order valence-corrected chi connectivity index (χ2v) is 6.76. The predicted molar refractivity (Wildman–Crippen MR) is 105 cm³/mol. The number of aromatic nitrogens is 4. The lowest BCUT2D eigenvalue weighted by Gasteiger charge is -2.28. The van der Waals surface area contributed by atoms with E-state index in [1.54, 1.807) is 0 Å². The van der Waals surface area contributed by atoms with Crippen LogP contribution in [0.15, 0.2) is 6.20 Å². The van der Waals surface area contributed by atoms with Gasteiger partial charge in [-0.2, -0.15) is 15.0 Å². The van der Waals surface area contributed by atoms with Crippen molar-refractivity contribution in [2.45, 2.75) is 19.8 Å². The summed E-state index contributed by atoms with van der Waals surface area (Å²) >= 11 is 0. The van der Waals surface area contributed by atoms with Crippen molar-refractivity contribution in [3.63, 3.8) is 0 Å². The molecule has 0 aliphatic carbocycles. The molecular weight excluding hydrogens is 346 g/mol. The van der Waals surface area contributed by atoms with Crippen molar-refractivity contribution in [1.29, 1.82) is 0 Å². The van der Waals surface area contributed by atoms with E-state index in [-0.39, 0.29) is 0 Å². The number of hydrogen-bond acceptors (Lipinski definition) is 9. The summed E-state index contributed by atoms with van der Waals surface area (Å²) in [7, 11) is 0. The fraction of sp³-hybridized carbons (Fsp3) is 0.667. The Morgan fingerprint density at radius 2 is 1.56 bits per heavy atom. The number of nitrogens with zero attached hydrogens (tertiary/aromatic N) is 6. The van der Waals surface area contributed by atoms with Gasteiger partial charge in [-0.15, -0.1) is 0 Å². The second-order valence-electron chi connectivity index (χ2n) is 6.76. The molecule has 2 aromatic rings. The fourth-order valence-electron chi connectivity index (χ4n) is 3.23. The molecule has 1 N–H and O–H groups in total. The molecule has 9 nitrogen and oxygen atoms in total. The molecule has 0 saturated carbocycles. The van der Waals surface area contributed by atoms with Gasteiger partial charge < -0.3 is 24.6 Å². The Morgan fingerprint density at radius 1 is 0.926 bits per heavy atom. The van der Waals surface area contributed by atoms with Crippen LogP contribution in [0.2, 0.25) is 0 Å². The summed E-state index contributed by atoms with van der Waals surface area (Å²) in [6.07, 6.45) is 4.06. The molecule has 0 spiro atoms. The number of unbranched alkanes of at least 4 members (excludes halogenated alkanes) is 1. The topological polar surface area (TPSA) is 88.5 Å². The quantitative estimate of drug-likeness (QED) is 0.753. The highest BCUT2D eigenvalue weighted by molar-refractivity contribution is 5.87. The lowest BCUT2D eigenvalue weighted by atomic mass is 10.3. The van der Waals surface area contributed by atoms with Gasteiger partial charge in [0.05, 0.1) is 31.8 Å². The molecular formula is C18H27N7O2. The Bertz CT molecular complexity index is 755. The smallest absolute Gasteiger partial charge is 0.229 e. The fourth-order valence-corrected chi connectivity index (χ4v) is 3.23. The van der Waals surface area contributed by atoms with Crippen molar-refractivity contribution in [3.8, 4) is 0 Å². The molecule has 146 valence electrons. The van der Waals surface area contributed by atoms with Gasteiger partial charge in [0, 0.05) is 38.9 Å². The SMILES string of the molecule is CCCCNc1nc(N2CCOCC2)nc2nc(N3CCOCC3)ncc12. The molecule has 0 unspecified atom stereocenters. The van der Waals surface area contributed by atoms with E-state index in [4.69, 9.17) is 24.4 Å². The number of hydrogen-bond donors (Lipinski definition) is 1. The number of fused-ring (bicyclic) bond motifs is 1. The van der Waals surface area contributed by atoms with Crippen LogP contribution in [0.4, 0.5) is 17.7 Å². The van der Waals surface area contributed by atoms with Crippen LogP contribution in [-0.2, 0) is 9.47 Å². The molecule has 9 heteroatoms. The number of morpholine rings is 2. The average Bonchev–Trinajstić information content (AvgIpc) is 2.74. The summed E-state index contributed by atoms with van der Waals surface area (Å²) in [4.78, 5) is 23.1. The Balaban J connectivity index is 1.68. The van der Waals surface area contributed by atoms with Crippen molar-refractivity contribution in [3.05, 3.63) is 6.20 Å². The highest BCUT2D eigenvalue weighted by atomic mass is 16.5. The van der Waals surface area contributed by atoms with Gasteiger partial charge in [-0.1, -0.05) is 13.3 Å². The van der Waals surface area contributed by atoms with Crippen molar-refractivity contribution in [2.24, 2.45) is 0 Å². The van der Waals surface area contributed by atoms with Crippen LogP contribution < -0.4 is 15.1 Å². The van der Waals surface area contributed by atoms with Crippen LogP contribution >= 0.6 is 0 Å². The number of rotatable bonds is 6. The summed E-state index contributed by atoms with van der Waals surface area (Å²) in [6, 6.07) is 0. The molecule has 0 atom stereocenters. The standard InChI is InChI=1S/C18H27N7O2/c1-2-3-4-19-15-14-13-20-17(24-5-9-26-10-6-24)22-16(14)23-18(21-15)25-7-11-27-12-8-25/h13H,2-12H2,1H3,(H,19,20,21,22,23). The molecule has 0 bridgehead atoms. The summed E-state index contributed by atoms with van der Waals surface area (Å²) in [5.41, 5.74) is 0.682. The van der Waals surface area contributed by atoms with E-state index in [1.165, 1.54) is 0 Å². The van der Waals surface area contributed by atoms with Crippen LogP contribution in [-0.4, -0.2) is 79.1 Å². The van der Waals surface area contributed by atoms with Crippen molar-refractivity contribution in [1.82, 2.24) is 19.9 Å². The third-order valence-electron chi connectivity index (χ3n) is 4.84. The molecule has 0 amide bonds. The molecule has 0 aromatic carbocycles. The molecule has 0 radical (unpaired) electrons. The molecule has 2 aromatic heterocycles. The van der Waals surface area contributed by atoms with Gasteiger partial charge in [-0.3, -0.25) is 0 Å². The normalized spacial score (nSPS) is 18.1. The van der Waals surface area contributed by atoms with E-state index in [1.807, 2.05) is 6.20 Å². The number of nitrogens with one attached hydrogen (secondary N) is 1. The minimum atomic E-state index is 0.682. The van der Waals surface area contributed by atoms with Gasteiger partial charge >= 0.3 is 0 Å². The lowest BCUT2D eigenvalue weighted by molar-refractivity contribution is 0.122. The summed E-state index contributed by atoms with van der Waals surface area (Å²) in [5, 5.41) is 4.31. The number of ether oxygens (including phenoxy) is 2. The minimum Gasteiger partial charge on any atom is -0.378 e. The van der Waals surface area contributed by atoms with Crippen LogP contribution in [0, 0.1) is 0 Å². The van der Waals surface area contributed by atoms with Gasteiger partial charge in [0.1, 0.15) is 5.82 Å². The van der Waals surface area contributed by atoms with Gasteiger partial charge in [-0.05, 0) is 6.42 Å². The van der Waals surface area contributed by atoms with E-state index in [9.17, 15) is 0 Å². The lowest BCUT2D eigenvalue weighted by Crippen LogP contribution is -2.38. The van der Waals surface area contributed by atoms with E-state index in [0.29, 0.717) is 44.0 Å². The zero-order valence-corrected chi connectivity index (χ0v) is 15.9. The van der Waals surface area contributed by atoms with Crippen LogP contribution in [0.25, 0.3) is 11.0 Å². The van der Waals surface area contributed by atoms with Gasteiger partial charge in [-0.25, -0.2) is 4.98 Å². The molecule has 2 aliphatic heterocycles.